The van der Waals surface area contributed by atoms with Crippen LogP contribution in [0.3, 0.4) is 0 Å². The minimum atomic E-state index is -3.87. The fraction of sp³-hybridized carbons (Fsp3) is 0.174. The summed E-state index contributed by atoms with van der Waals surface area (Å²) in [6.07, 6.45) is 0. The van der Waals surface area contributed by atoms with E-state index in [2.05, 4.69) is 4.72 Å². The predicted molar refractivity (Wildman–Crippen MR) is 120 cm³/mol. The molecule has 0 fully saturated rings. The third-order valence-electron chi connectivity index (χ3n) is 4.74. The van der Waals surface area contributed by atoms with E-state index in [1.165, 1.54) is 47.4 Å². The number of nitrogens with zero attached hydrogens (tertiary/aromatic N) is 1. The number of rotatable bonds is 8. The number of sulfonamides is 1. The molecule has 0 radical (unpaired) electrons. The largest absolute Gasteiger partial charge is 0.497 e. The molecule has 3 rings (SSSR count). The summed E-state index contributed by atoms with van der Waals surface area (Å²) in [6.45, 7) is 1.47. The van der Waals surface area contributed by atoms with Gasteiger partial charge in [-0.3, -0.25) is 9.52 Å². The Bertz CT molecular complexity index is 1200. The maximum Gasteiger partial charge on any atom is 0.264 e. The average Bonchev–Trinajstić information content (AvgIpc) is 2.79. The van der Waals surface area contributed by atoms with Gasteiger partial charge in [-0.2, -0.15) is 0 Å². The first-order valence-corrected chi connectivity index (χ1v) is 11.1. The number of aryl methyl sites for hydroxylation is 1. The Morgan fingerprint density at radius 3 is 2.28 bits per heavy atom. The fourth-order valence-corrected chi connectivity index (χ4v) is 4.01. The van der Waals surface area contributed by atoms with E-state index in [1.807, 2.05) is 0 Å². The van der Waals surface area contributed by atoms with Crippen LogP contribution in [0.15, 0.2) is 71.6 Å². The van der Waals surface area contributed by atoms with Gasteiger partial charge in [-0.15, -0.1) is 0 Å². The molecule has 0 saturated heterocycles. The lowest BCUT2D eigenvalue weighted by atomic mass is 10.2. The molecule has 7 nitrogen and oxygen atoms in total. The van der Waals surface area contributed by atoms with Gasteiger partial charge in [0.25, 0.3) is 15.9 Å². The van der Waals surface area contributed by atoms with Gasteiger partial charge in [0.05, 0.1) is 12.0 Å². The quantitative estimate of drug-likeness (QED) is 0.552. The van der Waals surface area contributed by atoms with E-state index in [0.29, 0.717) is 22.7 Å². The van der Waals surface area contributed by atoms with Crippen LogP contribution in [0.4, 0.5) is 15.8 Å². The third-order valence-corrected chi connectivity index (χ3v) is 6.12. The number of benzene rings is 3. The van der Waals surface area contributed by atoms with Crippen LogP contribution in [-0.2, 0) is 14.8 Å². The molecule has 168 valence electrons. The maximum absolute atomic E-state index is 13.0. The van der Waals surface area contributed by atoms with Crippen molar-refractivity contribution in [1.29, 1.82) is 0 Å². The summed E-state index contributed by atoms with van der Waals surface area (Å²) in [7, 11) is -0.664. The molecule has 9 heteroatoms. The first kappa shape index (κ1) is 23.1. The van der Waals surface area contributed by atoms with E-state index < -0.39 is 15.8 Å². The number of halogens is 1. The van der Waals surface area contributed by atoms with Crippen molar-refractivity contribution in [2.24, 2.45) is 0 Å². The van der Waals surface area contributed by atoms with Gasteiger partial charge < -0.3 is 14.4 Å². The molecule has 3 aromatic carbocycles. The van der Waals surface area contributed by atoms with Crippen molar-refractivity contribution >= 4 is 27.3 Å². The lowest BCUT2D eigenvalue weighted by molar-refractivity contribution is -0.120. The summed E-state index contributed by atoms with van der Waals surface area (Å²) in [5.74, 6) is 0.342. The highest BCUT2D eigenvalue weighted by atomic mass is 32.2. The molecule has 0 aliphatic carbocycles. The highest BCUT2D eigenvalue weighted by Crippen LogP contribution is 2.24. The normalized spacial score (nSPS) is 11.0. The van der Waals surface area contributed by atoms with Gasteiger partial charge in [0, 0.05) is 18.4 Å². The molecule has 1 N–H and O–H groups in total. The van der Waals surface area contributed by atoms with Crippen LogP contribution in [0.2, 0.25) is 0 Å². The second kappa shape index (κ2) is 9.69. The number of carbonyl (C=O) groups excluding carboxylic acids is 1. The Kier molecular flexibility index (Phi) is 6.99. The van der Waals surface area contributed by atoms with Crippen LogP contribution in [0.1, 0.15) is 5.56 Å². The van der Waals surface area contributed by atoms with Crippen LogP contribution in [0.5, 0.6) is 11.5 Å². The zero-order valence-electron chi connectivity index (χ0n) is 17.8. The highest BCUT2D eigenvalue weighted by Gasteiger charge is 2.17. The molecule has 3 aromatic rings. The third kappa shape index (κ3) is 5.55. The monoisotopic (exact) mass is 458 g/mol. The van der Waals surface area contributed by atoms with Gasteiger partial charge in [0.1, 0.15) is 17.3 Å². The van der Waals surface area contributed by atoms with Gasteiger partial charge >= 0.3 is 0 Å². The summed E-state index contributed by atoms with van der Waals surface area (Å²) in [5.41, 5.74) is 1.48. The number of anilines is 2. The van der Waals surface area contributed by atoms with Crippen LogP contribution < -0.4 is 19.1 Å². The van der Waals surface area contributed by atoms with Gasteiger partial charge in [0.2, 0.25) is 0 Å². The van der Waals surface area contributed by atoms with E-state index in [4.69, 9.17) is 9.47 Å². The number of nitrogens with one attached hydrogen (secondary N) is 1. The summed E-state index contributed by atoms with van der Waals surface area (Å²) in [5, 5.41) is 0. The fourth-order valence-electron chi connectivity index (χ4n) is 2.87. The van der Waals surface area contributed by atoms with Crippen molar-refractivity contribution in [2.45, 2.75) is 11.8 Å². The Morgan fingerprint density at radius 1 is 1.03 bits per heavy atom. The van der Waals surface area contributed by atoms with Gasteiger partial charge in [-0.1, -0.05) is 0 Å². The lowest BCUT2D eigenvalue weighted by Gasteiger charge is -2.18. The van der Waals surface area contributed by atoms with E-state index in [-0.39, 0.29) is 23.1 Å². The zero-order valence-corrected chi connectivity index (χ0v) is 18.6. The van der Waals surface area contributed by atoms with Crippen LogP contribution in [0.25, 0.3) is 0 Å². The van der Waals surface area contributed by atoms with Crippen LogP contribution in [0, 0.1) is 12.7 Å². The van der Waals surface area contributed by atoms with E-state index in [0.717, 1.165) is 0 Å². The molecule has 0 saturated carbocycles. The molecule has 0 unspecified atom stereocenters. The maximum atomic E-state index is 13.0. The van der Waals surface area contributed by atoms with Crippen molar-refractivity contribution in [3.8, 4) is 11.5 Å². The Balaban J connectivity index is 1.65. The van der Waals surface area contributed by atoms with E-state index >= 15 is 0 Å². The smallest absolute Gasteiger partial charge is 0.264 e. The summed E-state index contributed by atoms with van der Waals surface area (Å²) in [4.78, 5) is 14.0. The molecular formula is C23H23FN2O5S. The highest BCUT2D eigenvalue weighted by molar-refractivity contribution is 7.92. The number of ether oxygens (including phenoxy) is 2. The molecule has 0 aromatic heterocycles. The summed E-state index contributed by atoms with van der Waals surface area (Å²) < 4.78 is 51.3. The van der Waals surface area contributed by atoms with Crippen LogP contribution in [-0.4, -0.2) is 35.1 Å². The molecule has 0 atom stereocenters. The topological polar surface area (TPSA) is 84.9 Å². The first-order valence-electron chi connectivity index (χ1n) is 9.62. The zero-order chi connectivity index (χ0) is 23.3. The standard InChI is InChI=1S/C23H23FN2O5S/c1-16-14-21(32(28,29)25-18-6-4-17(24)5-7-18)12-13-22(16)31-15-23(27)26(2)19-8-10-20(30-3)11-9-19/h4-14,25H,15H2,1-3H3. The number of hydrogen-bond donors (Lipinski definition) is 1. The molecule has 0 heterocycles. The van der Waals surface area contributed by atoms with Gasteiger partial charge in [-0.25, -0.2) is 12.8 Å². The van der Waals surface area contributed by atoms with E-state index in [1.54, 1.807) is 45.3 Å². The Hall–Kier alpha value is -3.59. The second-order valence-corrected chi connectivity index (χ2v) is 8.66. The lowest BCUT2D eigenvalue weighted by Crippen LogP contribution is -2.31. The number of amides is 1. The molecule has 32 heavy (non-hydrogen) atoms. The number of carbonyl (C=O) groups is 1. The number of methoxy groups -OCH3 is 1. The van der Waals surface area contributed by atoms with Crippen LogP contribution >= 0.6 is 0 Å². The van der Waals surface area contributed by atoms with Crippen molar-refractivity contribution in [2.75, 3.05) is 30.4 Å². The molecule has 0 bridgehead atoms. The minimum absolute atomic E-state index is 0.0216. The van der Waals surface area contributed by atoms with Crippen molar-refractivity contribution < 1.29 is 27.1 Å². The Labute approximate surface area is 186 Å². The molecule has 0 aliphatic heterocycles. The van der Waals surface area contributed by atoms with Crippen molar-refractivity contribution in [3.05, 3.63) is 78.1 Å². The molecule has 0 aliphatic rings. The summed E-state index contributed by atoms with van der Waals surface area (Å²) in [6, 6.07) is 16.3. The number of hydrogen-bond acceptors (Lipinski definition) is 5. The van der Waals surface area contributed by atoms with Gasteiger partial charge in [-0.05, 0) is 79.2 Å². The molecule has 1 amide bonds. The Morgan fingerprint density at radius 2 is 1.69 bits per heavy atom. The summed E-state index contributed by atoms with van der Waals surface area (Å²) >= 11 is 0. The predicted octanol–water partition coefficient (Wildman–Crippen LogP) is 3.99. The van der Waals surface area contributed by atoms with Gasteiger partial charge in [0.15, 0.2) is 6.61 Å². The average molecular weight is 459 g/mol. The molecular weight excluding hydrogens is 435 g/mol. The number of likely N-dealkylation sites (N-methyl/N-ethyl adjacent to an activating group) is 1. The molecule has 0 spiro atoms. The van der Waals surface area contributed by atoms with Crippen molar-refractivity contribution in [1.82, 2.24) is 0 Å². The SMILES string of the molecule is COc1ccc(N(C)C(=O)COc2ccc(S(=O)(=O)Nc3ccc(F)cc3)cc2C)cc1. The first-order chi connectivity index (χ1) is 15.2. The van der Waals surface area contributed by atoms with Crippen molar-refractivity contribution in [3.63, 3.8) is 0 Å². The second-order valence-electron chi connectivity index (χ2n) is 6.98. The van der Waals surface area contributed by atoms with E-state index in [9.17, 15) is 17.6 Å². The minimum Gasteiger partial charge on any atom is -0.497 e.